The molecule has 1 aromatic carbocycles. The van der Waals surface area contributed by atoms with Crippen LogP contribution in [0.3, 0.4) is 0 Å². The molecule has 1 unspecified atom stereocenters. The van der Waals surface area contributed by atoms with E-state index in [4.69, 9.17) is 4.74 Å². The Morgan fingerprint density at radius 3 is 2.47 bits per heavy atom. The SMILES string of the molecule is CC(C)(C)OC(=O)[N+]1(B(O)O)C=Cc2ccccc21. The molecule has 1 atom stereocenters. The summed E-state index contributed by atoms with van der Waals surface area (Å²) in [6.45, 7) is 5.20. The zero-order valence-corrected chi connectivity index (χ0v) is 11.2. The van der Waals surface area contributed by atoms with Crippen LogP contribution in [-0.2, 0) is 4.74 Å². The number of quaternary nitrogens is 1. The molecule has 0 aliphatic carbocycles. The number of hydrogen-bond acceptors (Lipinski definition) is 4. The maximum atomic E-state index is 12.4. The number of para-hydroxylation sites is 1. The average Bonchev–Trinajstić information content (AvgIpc) is 2.67. The third kappa shape index (κ3) is 2.30. The molecule has 100 valence electrons. The normalized spacial score (nSPS) is 21.1. The van der Waals surface area contributed by atoms with Crippen molar-refractivity contribution in [1.82, 2.24) is 4.39 Å². The van der Waals surface area contributed by atoms with Gasteiger partial charge in [0.05, 0.1) is 6.20 Å². The summed E-state index contributed by atoms with van der Waals surface area (Å²) in [6.07, 6.45) is 2.39. The van der Waals surface area contributed by atoms with Crippen molar-refractivity contribution >= 4 is 25.1 Å². The van der Waals surface area contributed by atoms with Gasteiger partial charge in [-0.05, 0) is 32.9 Å². The van der Waals surface area contributed by atoms with Gasteiger partial charge in [-0.3, -0.25) is 0 Å². The molecule has 1 aliphatic rings. The summed E-state index contributed by atoms with van der Waals surface area (Å²) in [4.78, 5) is 12.4. The van der Waals surface area contributed by atoms with Gasteiger partial charge in [0.1, 0.15) is 11.3 Å². The first-order valence-electron chi connectivity index (χ1n) is 6.04. The van der Waals surface area contributed by atoms with Crippen LogP contribution in [-0.4, -0.2) is 29.0 Å². The van der Waals surface area contributed by atoms with Crippen molar-refractivity contribution in [1.29, 1.82) is 0 Å². The zero-order valence-electron chi connectivity index (χ0n) is 11.2. The Morgan fingerprint density at radius 1 is 1.26 bits per heavy atom. The Balaban J connectivity index is 2.48. The van der Waals surface area contributed by atoms with Crippen LogP contribution in [0.25, 0.3) is 6.08 Å². The number of fused-ring (bicyclic) bond motifs is 1. The van der Waals surface area contributed by atoms with Gasteiger partial charge in [0.25, 0.3) is 0 Å². The fourth-order valence-corrected chi connectivity index (χ4v) is 2.04. The molecule has 6 heteroatoms. The van der Waals surface area contributed by atoms with Crippen LogP contribution in [0.5, 0.6) is 0 Å². The van der Waals surface area contributed by atoms with Crippen LogP contribution in [0.2, 0.25) is 0 Å². The lowest BCUT2D eigenvalue weighted by Crippen LogP contribution is -2.60. The molecule has 0 saturated carbocycles. The number of rotatable bonds is 1. The summed E-state index contributed by atoms with van der Waals surface area (Å²) in [5, 5.41) is 19.4. The lowest BCUT2D eigenvalue weighted by Gasteiger charge is -2.30. The number of nitrogens with zero attached hydrogens (tertiary/aromatic N) is 1. The summed E-state index contributed by atoms with van der Waals surface area (Å²) in [7, 11) is -1.91. The molecule has 0 fully saturated rings. The second-order valence-electron chi connectivity index (χ2n) is 5.48. The lowest BCUT2D eigenvalue weighted by atomic mass is 9.99. The van der Waals surface area contributed by atoms with E-state index in [-0.39, 0.29) is 0 Å². The quantitative estimate of drug-likeness (QED) is 0.758. The third-order valence-electron chi connectivity index (χ3n) is 2.88. The highest BCUT2D eigenvalue weighted by Crippen LogP contribution is 2.37. The van der Waals surface area contributed by atoms with Crippen molar-refractivity contribution in [3.05, 3.63) is 36.0 Å². The zero-order chi connectivity index (χ0) is 14.3. The van der Waals surface area contributed by atoms with Crippen molar-refractivity contribution < 1.29 is 19.6 Å². The largest absolute Gasteiger partial charge is 0.775 e. The van der Waals surface area contributed by atoms with E-state index >= 15 is 0 Å². The molecule has 1 aromatic rings. The molecule has 5 nitrogen and oxygen atoms in total. The van der Waals surface area contributed by atoms with Crippen LogP contribution in [0.1, 0.15) is 26.3 Å². The molecule has 1 heterocycles. The Labute approximate surface area is 112 Å². The van der Waals surface area contributed by atoms with Gasteiger partial charge in [-0.25, -0.2) is 0 Å². The summed E-state index contributed by atoms with van der Waals surface area (Å²) in [5.41, 5.74) is 0.552. The van der Waals surface area contributed by atoms with Crippen LogP contribution in [0, 0.1) is 0 Å². The fraction of sp³-hybridized carbons (Fsp3) is 0.308. The van der Waals surface area contributed by atoms with Gasteiger partial charge in [0.15, 0.2) is 0 Å². The second-order valence-corrected chi connectivity index (χ2v) is 5.48. The predicted octanol–water partition coefficient (Wildman–Crippen LogP) is 1.88. The Bertz CT molecular complexity index is 536. The van der Waals surface area contributed by atoms with Crippen molar-refractivity contribution in [2.45, 2.75) is 26.4 Å². The molecule has 0 radical (unpaired) electrons. The Morgan fingerprint density at radius 2 is 1.89 bits per heavy atom. The van der Waals surface area contributed by atoms with E-state index in [2.05, 4.69) is 0 Å². The van der Waals surface area contributed by atoms with Gasteiger partial charge in [0.2, 0.25) is 0 Å². The molecule has 2 rings (SSSR count). The lowest BCUT2D eigenvalue weighted by molar-refractivity contribution is 0.0407. The van der Waals surface area contributed by atoms with Crippen molar-refractivity contribution in [2.75, 3.05) is 0 Å². The number of carbonyl (C=O) groups is 1. The van der Waals surface area contributed by atoms with E-state index in [1.165, 1.54) is 6.20 Å². The fourth-order valence-electron chi connectivity index (χ4n) is 2.04. The maximum absolute atomic E-state index is 12.4. The first kappa shape index (κ1) is 13.8. The molecule has 1 aliphatic heterocycles. The topological polar surface area (TPSA) is 66.8 Å². The minimum absolute atomic E-state index is 0.492. The smallest absolute Gasteiger partial charge is 0.415 e. The molecule has 0 spiro atoms. The second kappa shape index (κ2) is 4.49. The van der Waals surface area contributed by atoms with Crippen LogP contribution >= 0.6 is 0 Å². The van der Waals surface area contributed by atoms with Crippen molar-refractivity contribution in [2.24, 2.45) is 0 Å². The van der Waals surface area contributed by atoms with E-state index in [1.807, 2.05) is 6.07 Å². The molecule has 1 amide bonds. The molecule has 0 saturated heterocycles. The standard InChI is InChI=1S/C13H17BNO4/c1-13(2,3)19-12(16)15(14(17)18)9-8-10-6-4-5-7-11(10)15/h4-9,17-18H,1-3H3/q+1. The highest BCUT2D eigenvalue weighted by molar-refractivity contribution is 6.50. The van der Waals surface area contributed by atoms with E-state index < -0.39 is 23.3 Å². The molecule has 0 bridgehead atoms. The monoisotopic (exact) mass is 262 g/mol. The van der Waals surface area contributed by atoms with E-state index in [0.717, 1.165) is 5.56 Å². The first-order valence-corrected chi connectivity index (χ1v) is 6.04. The van der Waals surface area contributed by atoms with Crippen LogP contribution < -0.4 is 4.39 Å². The highest BCUT2D eigenvalue weighted by atomic mass is 16.6. The minimum Gasteiger partial charge on any atom is -0.415 e. The van der Waals surface area contributed by atoms with Gasteiger partial charge in [-0.2, -0.15) is 9.19 Å². The van der Waals surface area contributed by atoms with Gasteiger partial charge in [-0.1, -0.05) is 12.1 Å². The summed E-state index contributed by atoms with van der Waals surface area (Å²) >= 11 is 0. The van der Waals surface area contributed by atoms with Gasteiger partial charge in [0, 0.05) is 11.6 Å². The third-order valence-corrected chi connectivity index (χ3v) is 2.88. The number of hydrogen-bond donors (Lipinski definition) is 2. The number of carbonyl (C=O) groups excluding carboxylic acids is 1. The molecule has 2 N–H and O–H groups in total. The Hall–Kier alpha value is -1.63. The number of ether oxygens (including phenoxy) is 1. The molecule has 0 aromatic heterocycles. The molecule has 19 heavy (non-hydrogen) atoms. The summed E-state index contributed by atoms with van der Waals surface area (Å²) in [6, 6.07) is 7.05. The number of benzene rings is 1. The maximum Gasteiger partial charge on any atom is 0.775 e. The minimum atomic E-state index is -1.91. The summed E-state index contributed by atoms with van der Waals surface area (Å²) in [5.74, 6) is 0. The first-order chi connectivity index (χ1) is 8.77. The Kier molecular flexibility index (Phi) is 3.26. The highest BCUT2D eigenvalue weighted by Gasteiger charge is 2.56. The average molecular weight is 262 g/mol. The van der Waals surface area contributed by atoms with Crippen LogP contribution in [0.15, 0.2) is 30.5 Å². The van der Waals surface area contributed by atoms with Crippen LogP contribution in [0.4, 0.5) is 10.5 Å². The molecular formula is C13H17BNO4+. The van der Waals surface area contributed by atoms with Gasteiger partial charge in [-0.15, -0.1) is 0 Å². The van der Waals surface area contributed by atoms with E-state index in [9.17, 15) is 14.8 Å². The van der Waals surface area contributed by atoms with Gasteiger partial charge >= 0.3 is 13.3 Å². The summed E-state index contributed by atoms with van der Waals surface area (Å²) < 4.78 is 4.55. The van der Waals surface area contributed by atoms with E-state index in [1.54, 1.807) is 45.0 Å². The predicted molar refractivity (Wildman–Crippen MR) is 73.7 cm³/mol. The van der Waals surface area contributed by atoms with Gasteiger partial charge < -0.3 is 14.8 Å². The van der Waals surface area contributed by atoms with Crippen molar-refractivity contribution in [3.63, 3.8) is 0 Å². The molecular weight excluding hydrogens is 245 g/mol. The van der Waals surface area contributed by atoms with E-state index in [0.29, 0.717) is 5.69 Å². The number of amides is 1. The van der Waals surface area contributed by atoms with Crippen molar-refractivity contribution in [3.8, 4) is 0 Å².